The Kier molecular flexibility index (Phi) is 11.9. The third-order valence-electron chi connectivity index (χ3n) is 11.2. The summed E-state index contributed by atoms with van der Waals surface area (Å²) >= 11 is 0. The van der Waals surface area contributed by atoms with Crippen molar-refractivity contribution in [3.63, 3.8) is 0 Å². The molecule has 9 nitrogen and oxygen atoms in total. The molecule has 1 aromatic heterocycles. The maximum atomic E-state index is 13.8. The van der Waals surface area contributed by atoms with Gasteiger partial charge in [-0.3, -0.25) is 19.5 Å². The molecule has 3 aromatic carbocycles. The standard InChI is InChI=1S/C45H54N4O5/c1-45(2,3)48-43(52)40-22-21-33-9-4-5-12-39(33)49(40)28-38-25-41(34-15-13-30(29-50)14-16-34)54-44(53-38)35-19-17-32(18-20-35)36-10-6-8-31(24-36)26-47-42(51)37-11-7-23-46-27-37/h6-8,10-11,13-20,23-24,27,33,38-41,44,50H,4-5,9,12,21-22,25-26,28-29H2,1-3H3,(H,47,51)(H,48,52). The SMILES string of the molecule is CC(C)(C)NC(=O)C1CCC2CCCCC2N1CC1CC(c2ccc(CO)cc2)OC(c2ccc(-c3cccc(CNC(=O)c4cccnc4)c3)cc2)O1. The Morgan fingerprint density at radius 1 is 0.852 bits per heavy atom. The van der Waals surface area contributed by atoms with Crippen LogP contribution in [0.15, 0.2) is 97.3 Å². The second-order valence-electron chi connectivity index (χ2n) is 16.2. The van der Waals surface area contributed by atoms with Gasteiger partial charge < -0.3 is 25.2 Å². The maximum Gasteiger partial charge on any atom is 0.253 e. The molecule has 3 aliphatic rings. The Bertz CT molecular complexity index is 1860. The van der Waals surface area contributed by atoms with E-state index in [4.69, 9.17) is 9.47 Å². The zero-order chi connectivity index (χ0) is 37.7. The molecule has 7 rings (SSSR count). The first-order valence-corrected chi connectivity index (χ1v) is 19.6. The summed E-state index contributed by atoms with van der Waals surface area (Å²) in [5.41, 5.74) is 6.16. The third-order valence-corrected chi connectivity index (χ3v) is 11.2. The number of rotatable bonds is 10. The second kappa shape index (κ2) is 16.9. The number of fused-ring (bicyclic) bond motifs is 1. The molecule has 3 fully saturated rings. The van der Waals surface area contributed by atoms with Gasteiger partial charge in [0.25, 0.3) is 5.91 Å². The molecule has 284 valence electrons. The van der Waals surface area contributed by atoms with E-state index < -0.39 is 6.29 Å². The third kappa shape index (κ3) is 9.27. The number of carbonyl (C=O) groups excluding carboxylic acids is 2. The predicted molar refractivity (Wildman–Crippen MR) is 209 cm³/mol. The Hall–Kier alpha value is -4.41. The van der Waals surface area contributed by atoms with Crippen LogP contribution in [-0.2, 0) is 27.4 Å². The fraction of sp³-hybridized carbons (Fsp3) is 0.444. The highest BCUT2D eigenvalue weighted by atomic mass is 16.7. The van der Waals surface area contributed by atoms with Crippen LogP contribution in [0, 0.1) is 5.92 Å². The van der Waals surface area contributed by atoms with Crippen molar-refractivity contribution in [1.29, 1.82) is 0 Å². The van der Waals surface area contributed by atoms with Crippen molar-refractivity contribution in [2.24, 2.45) is 5.92 Å². The summed E-state index contributed by atoms with van der Waals surface area (Å²) < 4.78 is 13.6. The molecule has 2 amide bonds. The predicted octanol–water partition coefficient (Wildman–Crippen LogP) is 7.65. The van der Waals surface area contributed by atoms with E-state index in [0.29, 0.717) is 37.0 Å². The first-order valence-electron chi connectivity index (χ1n) is 19.6. The quantitative estimate of drug-likeness (QED) is 0.154. The van der Waals surface area contributed by atoms with Crippen LogP contribution in [0.2, 0.25) is 0 Å². The van der Waals surface area contributed by atoms with Crippen LogP contribution in [-0.4, -0.2) is 57.1 Å². The molecule has 6 unspecified atom stereocenters. The summed E-state index contributed by atoms with van der Waals surface area (Å²) in [5, 5.41) is 16.0. The highest BCUT2D eigenvalue weighted by Crippen LogP contribution is 2.42. The van der Waals surface area contributed by atoms with E-state index in [9.17, 15) is 14.7 Å². The van der Waals surface area contributed by atoms with Crippen molar-refractivity contribution < 1.29 is 24.2 Å². The molecule has 6 atom stereocenters. The number of carbonyl (C=O) groups is 2. The van der Waals surface area contributed by atoms with Crippen LogP contribution < -0.4 is 10.6 Å². The zero-order valence-corrected chi connectivity index (χ0v) is 31.7. The lowest BCUT2D eigenvalue weighted by Crippen LogP contribution is -2.61. The average molecular weight is 731 g/mol. The minimum atomic E-state index is -0.594. The number of nitrogens with one attached hydrogen (secondary N) is 2. The van der Waals surface area contributed by atoms with Crippen LogP contribution in [0.5, 0.6) is 0 Å². The number of ether oxygens (including phenoxy) is 2. The van der Waals surface area contributed by atoms with Gasteiger partial charge in [0.1, 0.15) is 0 Å². The number of piperidine rings is 1. The number of hydrogen-bond acceptors (Lipinski definition) is 7. The van der Waals surface area contributed by atoms with E-state index in [-0.39, 0.29) is 42.2 Å². The lowest BCUT2D eigenvalue weighted by atomic mass is 9.75. The van der Waals surface area contributed by atoms with Gasteiger partial charge in [0.2, 0.25) is 5.91 Å². The van der Waals surface area contributed by atoms with Gasteiger partial charge in [0.05, 0.1) is 30.4 Å². The van der Waals surface area contributed by atoms with E-state index in [2.05, 4.69) is 56.9 Å². The van der Waals surface area contributed by atoms with E-state index in [1.165, 1.54) is 19.3 Å². The Morgan fingerprint density at radius 3 is 2.37 bits per heavy atom. The molecule has 9 heteroatoms. The molecule has 54 heavy (non-hydrogen) atoms. The smallest absolute Gasteiger partial charge is 0.253 e. The van der Waals surface area contributed by atoms with Crippen molar-refractivity contribution in [3.05, 3.63) is 125 Å². The fourth-order valence-corrected chi connectivity index (χ4v) is 8.47. The number of aliphatic hydroxyl groups excluding tert-OH is 1. The molecule has 3 N–H and O–H groups in total. The molecule has 0 bridgehead atoms. The number of aliphatic hydroxyl groups is 1. The molecule has 2 saturated heterocycles. The van der Waals surface area contributed by atoms with Gasteiger partial charge in [-0.25, -0.2) is 0 Å². The number of likely N-dealkylation sites (tertiary alicyclic amines) is 1. The van der Waals surface area contributed by atoms with Crippen molar-refractivity contribution in [1.82, 2.24) is 20.5 Å². The minimum Gasteiger partial charge on any atom is -0.392 e. The first-order chi connectivity index (χ1) is 26.1. The number of aromatic nitrogens is 1. The Morgan fingerprint density at radius 2 is 1.63 bits per heavy atom. The molecular formula is C45H54N4O5. The second-order valence-corrected chi connectivity index (χ2v) is 16.2. The molecule has 2 aliphatic heterocycles. The van der Waals surface area contributed by atoms with Gasteiger partial charge in [-0.05, 0) is 98.4 Å². The van der Waals surface area contributed by atoms with Gasteiger partial charge in [0.15, 0.2) is 6.29 Å². The summed E-state index contributed by atoms with van der Waals surface area (Å²) in [5.74, 6) is 0.564. The molecule has 1 aliphatic carbocycles. The van der Waals surface area contributed by atoms with Gasteiger partial charge in [-0.1, -0.05) is 79.6 Å². The molecule has 4 aromatic rings. The fourth-order valence-electron chi connectivity index (χ4n) is 8.47. The van der Waals surface area contributed by atoms with Gasteiger partial charge in [-0.2, -0.15) is 0 Å². The van der Waals surface area contributed by atoms with E-state index >= 15 is 0 Å². The highest BCUT2D eigenvalue weighted by Gasteiger charge is 2.44. The molecule has 0 spiro atoms. The van der Waals surface area contributed by atoms with E-state index in [0.717, 1.165) is 52.6 Å². The molecule has 1 saturated carbocycles. The minimum absolute atomic E-state index is 0.00894. The van der Waals surface area contributed by atoms with Crippen molar-refractivity contribution in [2.75, 3.05) is 6.54 Å². The zero-order valence-electron chi connectivity index (χ0n) is 31.7. The van der Waals surface area contributed by atoms with Gasteiger partial charge in [0, 0.05) is 49.0 Å². The maximum absolute atomic E-state index is 13.8. The first kappa shape index (κ1) is 37.9. The molecular weight excluding hydrogens is 677 g/mol. The number of amides is 2. The Balaban J connectivity index is 1.10. The van der Waals surface area contributed by atoms with Crippen LogP contribution in [0.1, 0.15) is 111 Å². The number of benzene rings is 3. The van der Waals surface area contributed by atoms with Crippen molar-refractivity contribution in [2.45, 2.75) is 115 Å². The number of nitrogens with zero attached hydrogens (tertiary/aromatic N) is 2. The van der Waals surface area contributed by atoms with Crippen LogP contribution in [0.3, 0.4) is 0 Å². The monoisotopic (exact) mass is 730 g/mol. The summed E-state index contributed by atoms with van der Waals surface area (Å²) in [6.45, 7) is 7.21. The van der Waals surface area contributed by atoms with Gasteiger partial charge >= 0.3 is 0 Å². The van der Waals surface area contributed by atoms with E-state index in [1.54, 1.807) is 24.5 Å². The number of pyridine rings is 1. The summed E-state index contributed by atoms with van der Waals surface area (Å²) in [6.07, 6.45) is 9.66. The van der Waals surface area contributed by atoms with Crippen molar-refractivity contribution >= 4 is 11.8 Å². The van der Waals surface area contributed by atoms with Crippen LogP contribution in [0.25, 0.3) is 11.1 Å². The van der Waals surface area contributed by atoms with Crippen molar-refractivity contribution in [3.8, 4) is 11.1 Å². The molecule has 0 radical (unpaired) electrons. The Labute approximate surface area is 319 Å². The van der Waals surface area contributed by atoms with Crippen LogP contribution >= 0.6 is 0 Å². The van der Waals surface area contributed by atoms with Gasteiger partial charge in [-0.15, -0.1) is 0 Å². The summed E-state index contributed by atoms with van der Waals surface area (Å²) in [7, 11) is 0. The largest absolute Gasteiger partial charge is 0.392 e. The summed E-state index contributed by atoms with van der Waals surface area (Å²) in [4.78, 5) is 32.9. The average Bonchev–Trinajstić information content (AvgIpc) is 3.20. The lowest BCUT2D eigenvalue weighted by molar-refractivity contribution is -0.255. The van der Waals surface area contributed by atoms with E-state index in [1.807, 2.05) is 57.2 Å². The topological polar surface area (TPSA) is 113 Å². The normalized spacial score (nSPS) is 24.7. The summed E-state index contributed by atoms with van der Waals surface area (Å²) in [6, 6.07) is 28.2. The molecule has 3 heterocycles. The number of hydrogen-bond donors (Lipinski definition) is 3. The lowest BCUT2D eigenvalue weighted by Gasteiger charge is -2.50. The highest BCUT2D eigenvalue weighted by molar-refractivity contribution is 5.93. The van der Waals surface area contributed by atoms with Crippen LogP contribution in [0.4, 0.5) is 0 Å².